The molecule has 8 nitrogen and oxygen atoms in total. The molecule has 2 bridgehead atoms. The van der Waals surface area contributed by atoms with Crippen LogP contribution in [0.25, 0.3) is 0 Å². The van der Waals surface area contributed by atoms with Gasteiger partial charge >= 0.3 is 13.7 Å². The number of nitrogen functional groups attached to an aromatic ring is 1. The first-order chi connectivity index (χ1) is 9.49. The predicted molar refractivity (Wildman–Crippen MR) is 69.6 cm³/mol. The van der Waals surface area contributed by atoms with Gasteiger partial charge in [-0.05, 0) is 10.6 Å². The summed E-state index contributed by atoms with van der Waals surface area (Å²) in [5, 5.41) is 0. The van der Waals surface area contributed by atoms with Gasteiger partial charge in [0.1, 0.15) is 24.1 Å². The van der Waals surface area contributed by atoms with E-state index in [1.54, 1.807) is 0 Å². The zero-order valence-corrected chi connectivity index (χ0v) is 11.8. The lowest BCUT2D eigenvalue weighted by Crippen LogP contribution is -2.41. The first-order valence-electron chi connectivity index (χ1n) is 6.17. The number of fused-ring (bicyclic) bond motifs is 2. The Hall–Kier alpha value is -1.34. The summed E-state index contributed by atoms with van der Waals surface area (Å²) < 4.78 is 29.1. The van der Waals surface area contributed by atoms with Crippen LogP contribution in [0.1, 0.15) is 12.6 Å². The van der Waals surface area contributed by atoms with Gasteiger partial charge in [-0.2, -0.15) is 4.98 Å². The van der Waals surface area contributed by atoms with E-state index >= 15 is 0 Å². The number of nitrogens with two attached hydrogens (primary N) is 1. The molecule has 2 saturated heterocycles. The minimum Gasteiger partial charge on any atom is -0.383 e. The number of ether oxygens (including phenoxy) is 2. The minimum atomic E-state index is -1.70. The highest BCUT2D eigenvalue weighted by molar-refractivity contribution is 7.38. The molecule has 2 aliphatic heterocycles. The van der Waals surface area contributed by atoms with Gasteiger partial charge in [-0.1, -0.05) is 0 Å². The third kappa shape index (κ3) is 2.35. The third-order valence-electron chi connectivity index (χ3n) is 3.46. The molecule has 2 N–H and O–H groups in total. The fourth-order valence-electron chi connectivity index (χ4n) is 2.54. The van der Waals surface area contributed by atoms with Crippen molar-refractivity contribution in [2.24, 2.45) is 0 Å². The fourth-order valence-corrected chi connectivity index (χ4v) is 2.96. The molecule has 2 aliphatic rings. The van der Waals surface area contributed by atoms with Crippen molar-refractivity contribution in [1.29, 1.82) is 0 Å². The molecular formula is C11H15N3O5P+. The Morgan fingerprint density at radius 3 is 3.20 bits per heavy atom. The summed E-state index contributed by atoms with van der Waals surface area (Å²) in [4.78, 5) is 15.5. The number of hydrogen-bond donors (Lipinski definition) is 1. The highest BCUT2D eigenvalue weighted by Gasteiger charge is 2.55. The Morgan fingerprint density at radius 1 is 1.70 bits per heavy atom. The lowest BCUT2D eigenvalue weighted by atomic mass is 10.0. The van der Waals surface area contributed by atoms with E-state index in [0.717, 1.165) is 0 Å². The summed E-state index contributed by atoms with van der Waals surface area (Å²) in [6.45, 7) is 2.04. The van der Waals surface area contributed by atoms with Crippen molar-refractivity contribution < 1.29 is 18.6 Å². The summed E-state index contributed by atoms with van der Waals surface area (Å²) in [7, 11) is -1.70. The standard InChI is InChI=1S/C11H14N3O5P/c1-20(16)18-6-11-4-7(17-5-11)9(19-11)14-3-2-8(12)13-10(14)15/h2-3,7,9H,4-6H2,1H3,(H-,12,13,15)/p+1/t7-,9-,11-/m1/s1. The van der Waals surface area contributed by atoms with Crippen LogP contribution in [-0.4, -0.2) is 41.1 Å². The molecule has 9 heteroatoms. The van der Waals surface area contributed by atoms with Crippen molar-refractivity contribution in [3.05, 3.63) is 22.7 Å². The second kappa shape index (κ2) is 4.89. The van der Waals surface area contributed by atoms with Gasteiger partial charge < -0.3 is 15.2 Å². The fraction of sp³-hybridized carbons (Fsp3) is 0.636. The van der Waals surface area contributed by atoms with Crippen LogP contribution in [-0.2, 0) is 18.6 Å². The van der Waals surface area contributed by atoms with Crippen LogP contribution in [0.15, 0.2) is 17.1 Å². The Kier molecular flexibility index (Phi) is 3.33. The smallest absolute Gasteiger partial charge is 0.383 e. The Morgan fingerprint density at radius 2 is 2.50 bits per heavy atom. The van der Waals surface area contributed by atoms with Crippen LogP contribution >= 0.6 is 8.03 Å². The van der Waals surface area contributed by atoms with E-state index in [1.807, 2.05) is 0 Å². The summed E-state index contributed by atoms with van der Waals surface area (Å²) in [6.07, 6.45) is 1.34. The van der Waals surface area contributed by atoms with E-state index in [4.69, 9.17) is 19.7 Å². The number of aromatic nitrogens is 2. The van der Waals surface area contributed by atoms with E-state index in [9.17, 15) is 9.36 Å². The molecule has 3 rings (SSSR count). The van der Waals surface area contributed by atoms with Crippen LogP contribution < -0.4 is 11.4 Å². The van der Waals surface area contributed by atoms with Gasteiger partial charge in [-0.25, -0.2) is 4.79 Å². The molecule has 0 aromatic carbocycles. The van der Waals surface area contributed by atoms with E-state index in [-0.39, 0.29) is 18.5 Å². The number of rotatable bonds is 4. The molecule has 1 aromatic heterocycles. The van der Waals surface area contributed by atoms with E-state index in [1.165, 1.54) is 23.5 Å². The molecule has 0 saturated carbocycles. The van der Waals surface area contributed by atoms with Gasteiger partial charge in [-0.3, -0.25) is 4.57 Å². The largest absolute Gasteiger partial charge is 0.504 e. The minimum absolute atomic E-state index is 0.163. The summed E-state index contributed by atoms with van der Waals surface area (Å²) in [5.41, 5.74) is 4.34. The maximum absolute atomic E-state index is 11.8. The van der Waals surface area contributed by atoms with Crippen molar-refractivity contribution in [2.75, 3.05) is 25.6 Å². The van der Waals surface area contributed by atoms with Crippen molar-refractivity contribution >= 4 is 13.8 Å². The second-order valence-electron chi connectivity index (χ2n) is 5.00. The topological polar surface area (TPSA) is 106 Å². The molecule has 2 fully saturated rings. The van der Waals surface area contributed by atoms with E-state index < -0.39 is 25.5 Å². The maximum Gasteiger partial charge on any atom is 0.504 e. The van der Waals surface area contributed by atoms with Gasteiger partial charge in [0.05, 0.1) is 6.61 Å². The molecular weight excluding hydrogens is 285 g/mol. The van der Waals surface area contributed by atoms with Crippen molar-refractivity contribution in [3.8, 4) is 0 Å². The average molecular weight is 300 g/mol. The van der Waals surface area contributed by atoms with Crippen LogP contribution in [0.2, 0.25) is 0 Å². The predicted octanol–water partition coefficient (Wildman–Crippen LogP) is 0.271. The van der Waals surface area contributed by atoms with Crippen LogP contribution in [0, 0.1) is 0 Å². The monoisotopic (exact) mass is 300 g/mol. The summed E-state index contributed by atoms with van der Waals surface area (Å²) in [5.74, 6) is 0.163. The van der Waals surface area contributed by atoms with E-state index in [0.29, 0.717) is 13.0 Å². The van der Waals surface area contributed by atoms with Crippen molar-refractivity contribution in [3.63, 3.8) is 0 Å². The van der Waals surface area contributed by atoms with Crippen LogP contribution in [0.5, 0.6) is 0 Å². The second-order valence-corrected chi connectivity index (χ2v) is 6.14. The lowest BCUT2D eigenvalue weighted by molar-refractivity contribution is -0.181. The molecule has 0 amide bonds. The summed E-state index contributed by atoms with van der Waals surface area (Å²) >= 11 is 0. The normalized spacial score (nSPS) is 32.5. The molecule has 4 atom stereocenters. The number of nitrogens with zero attached hydrogens (tertiary/aromatic N) is 2. The molecule has 0 aliphatic carbocycles. The molecule has 108 valence electrons. The highest BCUT2D eigenvalue weighted by Crippen LogP contribution is 2.45. The van der Waals surface area contributed by atoms with Gasteiger partial charge in [0.2, 0.25) is 0 Å². The first kappa shape index (κ1) is 13.6. The highest BCUT2D eigenvalue weighted by atomic mass is 31.1. The van der Waals surface area contributed by atoms with Crippen LogP contribution in [0.3, 0.4) is 0 Å². The Labute approximate surface area is 115 Å². The third-order valence-corrected chi connectivity index (χ3v) is 3.95. The van der Waals surface area contributed by atoms with Gasteiger partial charge in [0.25, 0.3) is 0 Å². The number of anilines is 1. The van der Waals surface area contributed by atoms with Gasteiger partial charge in [0, 0.05) is 12.6 Å². The van der Waals surface area contributed by atoms with Gasteiger partial charge in [0.15, 0.2) is 12.9 Å². The molecule has 0 radical (unpaired) electrons. The quantitative estimate of drug-likeness (QED) is 0.795. The SMILES string of the molecule is C[P+](=O)OC[C@]12CO[C@H](C1)[C@H](n1ccc(N)nc1=O)O2. The zero-order chi connectivity index (χ0) is 14.3. The van der Waals surface area contributed by atoms with Crippen LogP contribution in [0.4, 0.5) is 5.82 Å². The van der Waals surface area contributed by atoms with Crippen molar-refractivity contribution in [1.82, 2.24) is 9.55 Å². The molecule has 0 spiro atoms. The summed E-state index contributed by atoms with van der Waals surface area (Å²) in [6, 6.07) is 1.53. The average Bonchev–Trinajstić information content (AvgIpc) is 2.95. The molecule has 3 heterocycles. The Bertz CT molecular complexity index is 606. The number of hydrogen-bond acceptors (Lipinski definition) is 7. The van der Waals surface area contributed by atoms with Gasteiger partial charge in [-0.15, -0.1) is 4.52 Å². The molecule has 1 aromatic rings. The first-order valence-corrected chi connectivity index (χ1v) is 7.79. The van der Waals surface area contributed by atoms with E-state index in [2.05, 4.69) is 4.98 Å². The lowest BCUT2D eigenvalue weighted by Gasteiger charge is -2.29. The van der Waals surface area contributed by atoms with Crippen molar-refractivity contribution in [2.45, 2.75) is 24.4 Å². The molecule has 1 unspecified atom stereocenters. The zero-order valence-electron chi connectivity index (χ0n) is 10.9. The maximum atomic E-state index is 11.8. The Balaban J connectivity index is 1.81. The molecule has 20 heavy (non-hydrogen) atoms.